The average molecular weight is 406 g/mol. The zero-order valence-electron chi connectivity index (χ0n) is 16.9. The Labute approximate surface area is 173 Å². The molecule has 1 atom stereocenters. The third kappa shape index (κ3) is 6.21. The Kier molecular flexibility index (Phi) is 7.74. The number of likely N-dealkylation sites (tertiary alicyclic amines) is 2. The minimum atomic E-state index is 0.151. The number of piperidine rings is 1. The highest BCUT2D eigenvalue weighted by molar-refractivity contribution is 6.30. The molecule has 0 N–H and O–H groups in total. The van der Waals surface area contributed by atoms with Crippen LogP contribution in [0.5, 0.6) is 0 Å². The lowest BCUT2D eigenvalue weighted by atomic mass is 9.97. The molecule has 5 nitrogen and oxygen atoms in total. The summed E-state index contributed by atoms with van der Waals surface area (Å²) in [7, 11) is 1.90. The molecule has 0 saturated carbocycles. The van der Waals surface area contributed by atoms with Gasteiger partial charge in [0.15, 0.2) is 0 Å². The van der Waals surface area contributed by atoms with Gasteiger partial charge in [0.05, 0.1) is 0 Å². The summed E-state index contributed by atoms with van der Waals surface area (Å²) in [5.41, 5.74) is 1.32. The fourth-order valence-corrected chi connectivity index (χ4v) is 4.42. The Morgan fingerprint density at radius 3 is 2.68 bits per heavy atom. The first-order valence-corrected chi connectivity index (χ1v) is 10.9. The van der Waals surface area contributed by atoms with Crippen molar-refractivity contribution in [1.82, 2.24) is 14.7 Å². The Bertz CT molecular complexity index is 664. The molecule has 154 valence electrons. The minimum absolute atomic E-state index is 0.151. The molecule has 3 rings (SSSR count). The molecular formula is C22H32ClN3O2. The van der Waals surface area contributed by atoms with Crippen molar-refractivity contribution in [3.05, 3.63) is 34.9 Å². The summed E-state index contributed by atoms with van der Waals surface area (Å²) in [6.07, 6.45) is 5.40. The van der Waals surface area contributed by atoms with E-state index in [2.05, 4.69) is 17.0 Å². The molecule has 28 heavy (non-hydrogen) atoms. The van der Waals surface area contributed by atoms with E-state index >= 15 is 0 Å². The van der Waals surface area contributed by atoms with E-state index < -0.39 is 0 Å². The molecule has 1 aromatic rings. The third-order valence-electron chi connectivity index (χ3n) is 5.96. The van der Waals surface area contributed by atoms with Crippen LogP contribution >= 0.6 is 11.6 Å². The quantitative estimate of drug-likeness (QED) is 0.667. The standard InChI is InChI=1S/C22H32ClN3O2/c1-24(21(27)11-15-26-13-3-5-22(26)28)16-19-4-2-12-25(17-19)14-10-18-6-8-20(23)9-7-18/h6-9,19H,2-5,10-17H2,1H3/t19-/m1/s1. The van der Waals surface area contributed by atoms with Gasteiger partial charge < -0.3 is 14.7 Å². The van der Waals surface area contributed by atoms with Crippen LogP contribution in [0.25, 0.3) is 0 Å². The van der Waals surface area contributed by atoms with Crippen molar-refractivity contribution in [2.75, 3.05) is 46.3 Å². The second-order valence-electron chi connectivity index (χ2n) is 8.19. The molecule has 0 unspecified atom stereocenters. The van der Waals surface area contributed by atoms with Crippen LogP contribution in [0, 0.1) is 5.92 Å². The average Bonchev–Trinajstić information content (AvgIpc) is 3.10. The summed E-state index contributed by atoms with van der Waals surface area (Å²) in [5, 5.41) is 0.781. The lowest BCUT2D eigenvalue weighted by molar-refractivity contribution is -0.132. The van der Waals surface area contributed by atoms with Gasteiger partial charge >= 0.3 is 0 Å². The Morgan fingerprint density at radius 1 is 1.18 bits per heavy atom. The van der Waals surface area contributed by atoms with Gasteiger partial charge in [-0.15, -0.1) is 0 Å². The first-order valence-electron chi connectivity index (χ1n) is 10.5. The fraction of sp³-hybridized carbons (Fsp3) is 0.636. The van der Waals surface area contributed by atoms with Crippen LogP contribution in [0.2, 0.25) is 5.02 Å². The van der Waals surface area contributed by atoms with Crippen LogP contribution in [0.3, 0.4) is 0 Å². The number of benzene rings is 1. The van der Waals surface area contributed by atoms with Gasteiger partial charge in [-0.25, -0.2) is 0 Å². The summed E-state index contributed by atoms with van der Waals surface area (Å²) < 4.78 is 0. The molecule has 1 aromatic carbocycles. The third-order valence-corrected chi connectivity index (χ3v) is 6.21. The van der Waals surface area contributed by atoms with Crippen LogP contribution in [0.4, 0.5) is 0 Å². The minimum Gasteiger partial charge on any atom is -0.345 e. The van der Waals surface area contributed by atoms with Crippen LogP contribution in [-0.4, -0.2) is 72.8 Å². The lowest BCUT2D eigenvalue weighted by Crippen LogP contribution is -2.42. The van der Waals surface area contributed by atoms with Crippen molar-refractivity contribution in [1.29, 1.82) is 0 Å². The maximum absolute atomic E-state index is 12.5. The molecule has 2 aliphatic heterocycles. The van der Waals surface area contributed by atoms with Gasteiger partial charge in [0.2, 0.25) is 11.8 Å². The van der Waals surface area contributed by atoms with E-state index in [1.807, 2.05) is 29.0 Å². The molecule has 2 aliphatic rings. The Balaban J connectivity index is 1.38. The van der Waals surface area contributed by atoms with Crippen LogP contribution in [0.1, 0.15) is 37.7 Å². The zero-order valence-corrected chi connectivity index (χ0v) is 17.7. The monoisotopic (exact) mass is 405 g/mol. The first-order chi connectivity index (χ1) is 13.5. The number of nitrogens with zero attached hydrogens (tertiary/aromatic N) is 3. The van der Waals surface area contributed by atoms with Crippen LogP contribution < -0.4 is 0 Å². The van der Waals surface area contributed by atoms with E-state index in [9.17, 15) is 9.59 Å². The highest BCUT2D eigenvalue weighted by Crippen LogP contribution is 2.19. The zero-order chi connectivity index (χ0) is 19.9. The molecule has 2 saturated heterocycles. The Morgan fingerprint density at radius 2 is 1.96 bits per heavy atom. The molecule has 0 aromatic heterocycles. The molecule has 2 heterocycles. The fourth-order valence-electron chi connectivity index (χ4n) is 4.29. The smallest absolute Gasteiger partial charge is 0.224 e. The van der Waals surface area contributed by atoms with Crippen molar-refractivity contribution >= 4 is 23.4 Å². The molecule has 0 spiro atoms. The van der Waals surface area contributed by atoms with Crippen LogP contribution in [0.15, 0.2) is 24.3 Å². The molecular weight excluding hydrogens is 374 g/mol. The van der Waals surface area contributed by atoms with Crippen molar-refractivity contribution in [2.24, 2.45) is 5.92 Å². The summed E-state index contributed by atoms with van der Waals surface area (Å²) in [6, 6.07) is 8.10. The Hall–Kier alpha value is -1.59. The second kappa shape index (κ2) is 10.3. The molecule has 2 fully saturated rings. The molecule has 2 amide bonds. The molecule has 0 aliphatic carbocycles. The van der Waals surface area contributed by atoms with E-state index in [1.54, 1.807) is 0 Å². The molecule has 0 radical (unpaired) electrons. The van der Waals surface area contributed by atoms with Gasteiger partial charge in [-0.2, -0.15) is 0 Å². The number of hydrogen-bond donors (Lipinski definition) is 0. The van der Waals surface area contributed by atoms with E-state index in [1.165, 1.54) is 18.4 Å². The number of rotatable bonds is 8. The normalized spacial score (nSPS) is 20.6. The number of amides is 2. The molecule has 6 heteroatoms. The summed E-state index contributed by atoms with van der Waals surface area (Å²) in [4.78, 5) is 30.4. The van der Waals surface area contributed by atoms with E-state index in [4.69, 9.17) is 11.6 Å². The van der Waals surface area contributed by atoms with Gasteiger partial charge in [0, 0.05) is 57.6 Å². The van der Waals surface area contributed by atoms with Crippen molar-refractivity contribution in [3.8, 4) is 0 Å². The largest absolute Gasteiger partial charge is 0.345 e. The van der Waals surface area contributed by atoms with Gasteiger partial charge in [-0.05, 0) is 55.8 Å². The summed E-state index contributed by atoms with van der Waals surface area (Å²) >= 11 is 5.96. The number of carbonyl (C=O) groups excluding carboxylic acids is 2. The van der Waals surface area contributed by atoms with Gasteiger partial charge in [0.1, 0.15) is 0 Å². The molecule has 0 bridgehead atoms. The summed E-state index contributed by atoms with van der Waals surface area (Å²) in [5.74, 6) is 0.874. The van der Waals surface area contributed by atoms with Gasteiger partial charge in [0.25, 0.3) is 0 Å². The number of halogens is 1. The van der Waals surface area contributed by atoms with Crippen LogP contribution in [-0.2, 0) is 16.0 Å². The van der Waals surface area contributed by atoms with Gasteiger partial charge in [-0.1, -0.05) is 23.7 Å². The van der Waals surface area contributed by atoms with Crippen molar-refractivity contribution in [3.63, 3.8) is 0 Å². The van der Waals surface area contributed by atoms with E-state index in [0.717, 1.165) is 50.6 Å². The maximum atomic E-state index is 12.5. The topological polar surface area (TPSA) is 43.9 Å². The highest BCUT2D eigenvalue weighted by Gasteiger charge is 2.24. The number of hydrogen-bond acceptors (Lipinski definition) is 3. The lowest BCUT2D eigenvalue weighted by Gasteiger charge is -2.35. The van der Waals surface area contributed by atoms with E-state index in [0.29, 0.717) is 25.3 Å². The maximum Gasteiger partial charge on any atom is 0.224 e. The number of carbonyl (C=O) groups is 2. The first kappa shape index (κ1) is 21.1. The SMILES string of the molecule is CN(C[C@H]1CCCN(CCc2ccc(Cl)cc2)C1)C(=O)CCN1CCCC1=O. The van der Waals surface area contributed by atoms with Crippen molar-refractivity contribution < 1.29 is 9.59 Å². The predicted molar refractivity (Wildman–Crippen MR) is 112 cm³/mol. The predicted octanol–water partition coefficient (Wildman–Crippen LogP) is 3.07. The van der Waals surface area contributed by atoms with E-state index in [-0.39, 0.29) is 11.8 Å². The summed E-state index contributed by atoms with van der Waals surface area (Å²) in [6.45, 7) is 5.42. The second-order valence-corrected chi connectivity index (χ2v) is 8.63. The van der Waals surface area contributed by atoms with Gasteiger partial charge in [-0.3, -0.25) is 9.59 Å². The van der Waals surface area contributed by atoms with Crippen molar-refractivity contribution in [2.45, 2.75) is 38.5 Å². The highest BCUT2D eigenvalue weighted by atomic mass is 35.5.